The summed E-state index contributed by atoms with van der Waals surface area (Å²) in [7, 11) is 2.06. The first-order valence-corrected chi connectivity index (χ1v) is 11.0. The van der Waals surface area contributed by atoms with Gasteiger partial charge in [0.25, 0.3) is 0 Å². The molecule has 0 spiro atoms. The van der Waals surface area contributed by atoms with E-state index in [0.717, 1.165) is 55.0 Å². The zero-order valence-corrected chi connectivity index (χ0v) is 18.0. The molecule has 0 radical (unpaired) electrons. The number of para-hydroxylation sites is 2. The number of anilines is 1. The van der Waals surface area contributed by atoms with Crippen LogP contribution in [0.1, 0.15) is 6.42 Å². The van der Waals surface area contributed by atoms with E-state index in [9.17, 15) is 4.79 Å². The highest BCUT2D eigenvalue weighted by atomic mass is 16.5. The van der Waals surface area contributed by atoms with Crippen molar-refractivity contribution in [1.82, 2.24) is 19.8 Å². The molecule has 0 saturated carbocycles. The number of amides is 1. The predicted molar refractivity (Wildman–Crippen MR) is 122 cm³/mol. The SMILES string of the molecule is Cn1c(-c2cccc(N3CC[C@@H](NC(=O)CN4CCOCC4)C3)c2)nc2ccccc21. The zero-order valence-electron chi connectivity index (χ0n) is 18.0. The molecule has 3 heterocycles. The lowest BCUT2D eigenvalue weighted by Gasteiger charge is -2.26. The minimum absolute atomic E-state index is 0.113. The molecule has 2 aliphatic rings. The van der Waals surface area contributed by atoms with Crippen LogP contribution in [0.4, 0.5) is 5.69 Å². The van der Waals surface area contributed by atoms with E-state index in [4.69, 9.17) is 9.72 Å². The summed E-state index contributed by atoms with van der Waals surface area (Å²) >= 11 is 0. The molecular formula is C24H29N5O2. The number of nitrogens with zero attached hydrogens (tertiary/aromatic N) is 4. The number of benzene rings is 2. The number of nitrogens with one attached hydrogen (secondary N) is 1. The number of ether oxygens (including phenoxy) is 1. The number of aromatic nitrogens is 2. The summed E-state index contributed by atoms with van der Waals surface area (Å²) in [5.74, 6) is 1.08. The number of hydrogen-bond donors (Lipinski definition) is 1. The smallest absolute Gasteiger partial charge is 0.234 e. The maximum absolute atomic E-state index is 12.4. The van der Waals surface area contributed by atoms with E-state index >= 15 is 0 Å². The van der Waals surface area contributed by atoms with Crippen molar-refractivity contribution >= 4 is 22.6 Å². The van der Waals surface area contributed by atoms with E-state index in [1.807, 2.05) is 18.2 Å². The third-order valence-electron chi connectivity index (χ3n) is 6.28. The molecule has 1 aromatic heterocycles. The number of rotatable bonds is 5. The minimum Gasteiger partial charge on any atom is -0.379 e. The molecule has 3 aromatic rings. The van der Waals surface area contributed by atoms with Gasteiger partial charge in [0.15, 0.2) is 0 Å². The highest BCUT2D eigenvalue weighted by Crippen LogP contribution is 2.28. The van der Waals surface area contributed by atoms with Gasteiger partial charge in [-0.1, -0.05) is 24.3 Å². The minimum atomic E-state index is 0.113. The van der Waals surface area contributed by atoms with Gasteiger partial charge < -0.3 is 19.5 Å². The van der Waals surface area contributed by atoms with Crippen LogP contribution in [-0.4, -0.2) is 72.3 Å². The molecule has 2 saturated heterocycles. The molecule has 7 nitrogen and oxygen atoms in total. The van der Waals surface area contributed by atoms with Gasteiger partial charge in [-0.25, -0.2) is 4.98 Å². The van der Waals surface area contributed by atoms with Gasteiger partial charge in [-0.2, -0.15) is 0 Å². The van der Waals surface area contributed by atoms with Crippen molar-refractivity contribution in [3.8, 4) is 11.4 Å². The van der Waals surface area contributed by atoms with E-state index in [1.165, 1.54) is 5.69 Å². The number of carbonyl (C=O) groups is 1. The summed E-state index contributed by atoms with van der Waals surface area (Å²) < 4.78 is 7.50. The van der Waals surface area contributed by atoms with Crippen LogP contribution < -0.4 is 10.2 Å². The Hall–Kier alpha value is -2.90. The van der Waals surface area contributed by atoms with Gasteiger partial charge in [0, 0.05) is 50.5 Å². The molecule has 1 amide bonds. The first kappa shape index (κ1) is 20.0. The van der Waals surface area contributed by atoms with Crippen LogP contribution in [0.2, 0.25) is 0 Å². The second kappa shape index (κ2) is 8.69. The third-order valence-corrected chi connectivity index (χ3v) is 6.28. The van der Waals surface area contributed by atoms with Crippen molar-refractivity contribution in [1.29, 1.82) is 0 Å². The Morgan fingerprint density at radius 3 is 2.81 bits per heavy atom. The molecule has 0 unspecified atom stereocenters. The first-order chi connectivity index (χ1) is 15.2. The van der Waals surface area contributed by atoms with Crippen molar-refractivity contribution in [3.05, 3.63) is 48.5 Å². The normalized spacial score (nSPS) is 19.8. The maximum atomic E-state index is 12.4. The van der Waals surface area contributed by atoms with Gasteiger partial charge in [0.05, 0.1) is 30.8 Å². The van der Waals surface area contributed by atoms with Gasteiger partial charge in [-0.3, -0.25) is 9.69 Å². The molecule has 1 atom stereocenters. The largest absolute Gasteiger partial charge is 0.379 e. The molecule has 7 heteroatoms. The molecule has 162 valence electrons. The number of morpholine rings is 1. The Morgan fingerprint density at radius 1 is 1.13 bits per heavy atom. The third kappa shape index (κ3) is 4.29. The number of hydrogen-bond acceptors (Lipinski definition) is 5. The second-order valence-electron chi connectivity index (χ2n) is 8.42. The first-order valence-electron chi connectivity index (χ1n) is 11.0. The van der Waals surface area contributed by atoms with E-state index in [2.05, 4.69) is 57.1 Å². The van der Waals surface area contributed by atoms with Crippen molar-refractivity contribution in [3.63, 3.8) is 0 Å². The molecule has 2 fully saturated rings. The topological polar surface area (TPSA) is 62.6 Å². The monoisotopic (exact) mass is 419 g/mol. The molecule has 1 N–H and O–H groups in total. The number of imidazole rings is 1. The molecule has 0 bridgehead atoms. The second-order valence-corrected chi connectivity index (χ2v) is 8.42. The quantitative estimate of drug-likeness (QED) is 0.688. The molecule has 5 rings (SSSR count). The molecular weight excluding hydrogens is 390 g/mol. The fourth-order valence-electron chi connectivity index (χ4n) is 4.59. The average molecular weight is 420 g/mol. The van der Waals surface area contributed by atoms with Crippen LogP contribution in [0, 0.1) is 0 Å². The lowest BCUT2D eigenvalue weighted by Crippen LogP contribution is -2.46. The predicted octanol–water partition coefficient (Wildman–Crippen LogP) is 2.27. The highest BCUT2D eigenvalue weighted by molar-refractivity contribution is 5.81. The van der Waals surface area contributed by atoms with E-state index in [1.54, 1.807) is 0 Å². The van der Waals surface area contributed by atoms with E-state index in [-0.39, 0.29) is 11.9 Å². The summed E-state index contributed by atoms with van der Waals surface area (Å²) in [5.41, 5.74) is 4.42. The molecule has 2 aromatic carbocycles. The zero-order chi connectivity index (χ0) is 21.2. The lowest BCUT2D eigenvalue weighted by molar-refractivity contribution is -0.123. The summed E-state index contributed by atoms with van der Waals surface area (Å²) in [4.78, 5) is 21.8. The Kier molecular flexibility index (Phi) is 5.61. The van der Waals surface area contributed by atoms with Crippen LogP contribution in [0.3, 0.4) is 0 Å². The van der Waals surface area contributed by atoms with Crippen LogP contribution in [0.5, 0.6) is 0 Å². The molecule has 2 aliphatic heterocycles. The number of fused-ring (bicyclic) bond motifs is 1. The van der Waals surface area contributed by atoms with Crippen molar-refractivity contribution in [2.45, 2.75) is 12.5 Å². The van der Waals surface area contributed by atoms with Crippen molar-refractivity contribution < 1.29 is 9.53 Å². The Morgan fingerprint density at radius 2 is 1.97 bits per heavy atom. The van der Waals surface area contributed by atoms with Crippen LogP contribution in [-0.2, 0) is 16.6 Å². The van der Waals surface area contributed by atoms with Crippen molar-refractivity contribution in [2.75, 3.05) is 50.8 Å². The van der Waals surface area contributed by atoms with Crippen LogP contribution in [0.25, 0.3) is 22.4 Å². The Balaban J connectivity index is 1.25. The van der Waals surface area contributed by atoms with Crippen LogP contribution in [0.15, 0.2) is 48.5 Å². The van der Waals surface area contributed by atoms with Gasteiger partial charge in [0.2, 0.25) is 5.91 Å². The summed E-state index contributed by atoms with van der Waals surface area (Å²) in [6.45, 7) is 5.33. The summed E-state index contributed by atoms with van der Waals surface area (Å²) in [5, 5.41) is 3.22. The Bertz CT molecular complexity index is 1070. The summed E-state index contributed by atoms with van der Waals surface area (Å²) in [6.07, 6.45) is 0.964. The fraction of sp³-hybridized carbons (Fsp3) is 0.417. The fourth-order valence-corrected chi connectivity index (χ4v) is 4.59. The standard InChI is InChI=1S/C24H29N5O2/c1-27-22-8-3-2-7-21(22)26-24(27)18-5-4-6-20(15-18)29-10-9-19(16-29)25-23(30)17-28-11-13-31-14-12-28/h2-8,15,19H,9-14,16-17H2,1H3,(H,25,30)/t19-/m1/s1. The van der Waals surface area contributed by atoms with E-state index in [0.29, 0.717) is 19.8 Å². The summed E-state index contributed by atoms with van der Waals surface area (Å²) in [6, 6.07) is 17.0. The van der Waals surface area contributed by atoms with Crippen LogP contribution >= 0.6 is 0 Å². The average Bonchev–Trinajstić information content (AvgIpc) is 3.39. The van der Waals surface area contributed by atoms with Gasteiger partial charge in [-0.15, -0.1) is 0 Å². The van der Waals surface area contributed by atoms with E-state index < -0.39 is 0 Å². The molecule has 0 aliphatic carbocycles. The molecule has 31 heavy (non-hydrogen) atoms. The Labute approximate surface area is 182 Å². The van der Waals surface area contributed by atoms with Gasteiger partial charge in [-0.05, 0) is 30.7 Å². The lowest BCUT2D eigenvalue weighted by atomic mass is 10.1. The van der Waals surface area contributed by atoms with Crippen molar-refractivity contribution in [2.24, 2.45) is 7.05 Å². The maximum Gasteiger partial charge on any atom is 0.234 e. The van der Waals surface area contributed by atoms with Gasteiger partial charge >= 0.3 is 0 Å². The number of carbonyl (C=O) groups excluding carboxylic acids is 1. The number of aryl methyl sites for hydroxylation is 1. The highest BCUT2D eigenvalue weighted by Gasteiger charge is 2.25. The van der Waals surface area contributed by atoms with Gasteiger partial charge in [0.1, 0.15) is 5.82 Å².